The van der Waals surface area contributed by atoms with Crippen molar-refractivity contribution in [2.24, 2.45) is 0 Å². The molecule has 0 aliphatic carbocycles. The molecule has 0 saturated carbocycles. The summed E-state index contributed by atoms with van der Waals surface area (Å²) in [6.07, 6.45) is 79.7. The van der Waals surface area contributed by atoms with E-state index in [9.17, 15) is 14.4 Å². The first-order valence-corrected chi connectivity index (χ1v) is 30.2. The molecule has 0 N–H and O–H groups in total. The van der Waals surface area contributed by atoms with E-state index in [4.69, 9.17) is 14.2 Å². The highest BCUT2D eigenvalue weighted by Crippen LogP contribution is 2.15. The van der Waals surface area contributed by atoms with Crippen LogP contribution in [-0.4, -0.2) is 37.2 Å². The van der Waals surface area contributed by atoms with Crippen molar-refractivity contribution in [3.05, 3.63) is 97.2 Å². The van der Waals surface area contributed by atoms with Crippen LogP contribution in [0.1, 0.15) is 284 Å². The first-order chi connectivity index (χ1) is 35.5. The maximum atomic E-state index is 12.9. The molecule has 0 spiro atoms. The van der Waals surface area contributed by atoms with Crippen LogP contribution in [-0.2, 0) is 28.6 Å². The third-order valence-electron chi connectivity index (χ3n) is 12.8. The van der Waals surface area contributed by atoms with Gasteiger partial charge in [-0.15, -0.1) is 0 Å². The summed E-state index contributed by atoms with van der Waals surface area (Å²) in [5, 5.41) is 0. The minimum absolute atomic E-state index is 0.0917. The van der Waals surface area contributed by atoms with Crippen LogP contribution in [0.2, 0.25) is 0 Å². The van der Waals surface area contributed by atoms with E-state index in [1.807, 2.05) is 0 Å². The second-order valence-electron chi connectivity index (χ2n) is 19.9. The summed E-state index contributed by atoms with van der Waals surface area (Å²) in [5.41, 5.74) is 0. The zero-order chi connectivity index (χ0) is 52.2. The Bertz CT molecular complexity index is 1430. The molecular formula is C66H112O6. The summed E-state index contributed by atoms with van der Waals surface area (Å²) >= 11 is 0. The molecule has 0 aliphatic heterocycles. The number of carbonyl (C=O) groups excluding carboxylic acids is 3. The Morgan fingerprint density at radius 2 is 0.542 bits per heavy atom. The van der Waals surface area contributed by atoms with Gasteiger partial charge in [-0.1, -0.05) is 240 Å². The van der Waals surface area contributed by atoms with Gasteiger partial charge in [0.15, 0.2) is 6.10 Å². The summed E-state index contributed by atoms with van der Waals surface area (Å²) in [5.74, 6) is -0.924. The largest absolute Gasteiger partial charge is 0.462 e. The fourth-order valence-corrected chi connectivity index (χ4v) is 8.26. The van der Waals surface area contributed by atoms with E-state index in [0.29, 0.717) is 19.3 Å². The highest BCUT2D eigenvalue weighted by atomic mass is 16.6. The van der Waals surface area contributed by atoms with Crippen molar-refractivity contribution < 1.29 is 28.6 Å². The van der Waals surface area contributed by atoms with Gasteiger partial charge in [-0.05, 0) is 122 Å². The van der Waals surface area contributed by atoms with Gasteiger partial charge in [0, 0.05) is 19.3 Å². The monoisotopic (exact) mass is 1000 g/mol. The van der Waals surface area contributed by atoms with Gasteiger partial charge >= 0.3 is 17.9 Å². The molecule has 0 rings (SSSR count). The van der Waals surface area contributed by atoms with Crippen LogP contribution < -0.4 is 0 Å². The molecule has 0 aromatic rings. The Morgan fingerprint density at radius 3 is 0.875 bits per heavy atom. The van der Waals surface area contributed by atoms with Gasteiger partial charge in [-0.25, -0.2) is 0 Å². The Labute approximate surface area is 445 Å². The van der Waals surface area contributed by atoms with Crippen LogP contribution in [0.25, 0.3) is 0 Å². The van der Waals surface area contributed by atoms with Gasteiger partial charge in [-0.3, -0.25) is 14.4 Å². The third kappa shape index (κ3) is 57.2. The lowest BCUT2D eigenvalue weighted by molar-refractivity contribution is -0.167. The minimum Gasteiger partial charge on any atom is -0.462 e. The van der Waals surface area contributed by atoms with Crippen molar-refractivity contribution in [2.75, 3.05) is 13.2 Å². The maximum absolute atomic E-state index is 12.9. The predicted molar refractivity (Wildman–Crippen MR) is 311 cm³/mol. The second kappa shape index (κ2) is 59.9. The highest BCUT2D eigenvalue weighted by molar-refractivity contribution is 5.71. The molecule has 412 valence electrons. The van der Waals surface area contributed by atoms with Gasteiger partial charge < -0.3 is 14.2 Å². The zero-order valence-electron chi connectivity index (χ0n) is 47.2. The fraction of sp³-hybridized carbons (Fsp3) is 0.712. The van der Waals surface area contributed by atoms with Crippen LogP contribution in [0, 0.1) is 0 Å². The Kier molecular flexibility index (Phi) is 56.8. The number of rotatable bonds is 54. The highest BCUT2D eigenvalue weighted by Gasteiger charge is 2.19. The molecule has 72 heavy (non-hydrogen) atoms. The molecule has 0 aromatic carbocycles. The van der Waals surface area contributed by atoms with Crippen molar-refractivity contribution in [1.29, 1.82) is 0 Å². The number of allylic oxidation sites excluding steroid dienone is 16. The predicted octanol–water partition coefficient (Wildman–Crippen LogP) is 20.5. The molecular weight excluding hydrogens is 889 g/mol. The summed E-state index contributed by atoms with van der Waals surface area (Å²) in [7, 11) is 0. The van der Waals surface area contributed by atoms with E-state index >= 15 is 0 Å². The Hall–Kier alpha value is -3.67. The van der Waals surface area contributed by atoms with Gasteiger partial charge in [0.1, 0.15) is 13.2 Å². The van der Waals surface area contributed by atoms with E-state index in [1.54, 1.807) is 0 Å². The average Bonchev–Trinajstić information content (AvgIpc) is 3.38. The second-order valence-corrected chi connectivity index (χ2v) is 19.9. The van der Waals surface area contributed by atoms with E-state index in [-0.39, 0.29) is 31.1 Å². The molecule has 6 nitrogen and oxygen atoms in total. The molecule has 0 amide bonds. The number of hydrogen-bond acceptors (Lipinski definition) is 6. The van der Waals surface area contributed by atoms with Crippen molar-refractivity contribution in [3.8, 4) is 0 Å². The molecule has 0 aliphatic rings. The fourth-order valence-electron chi connectivity index (χ4n) is 8.26. The van der Waals surface area contributed by atoms with E-state index < -0.39 is 6.10 Å². The molecule has 0 fully saturated rings. The van der Waals surface area contributed by atoms with Gasteiger partial charge in [-0.2, -0.15) is 0 Å². The first-order valence-electron chi connectivity index (χ1n) is 30.2. The number of esters is 3. The molecule has 1 atom stereocenters. The Morgan fingerprint density at radius 1 is 0.292 bits per heavy atom. The van der Waals surface area contributed by atoms with Gasteiger partial charge in [0.2, 0.25) is 0 Å². The standard InChI is InChI=1S/C66H112O6/c1-4-7-10-13-16-19-22-25-27-29-31-32-33-34-35-37-38-41-44-47-50-53-56-59-65(68)71-62-63(61-70-64(67)58-55-52-49-46-43-40-24-21-18-15-12-9-6-3)72-66(69)60-57-54-51-48-45-42-39-36-30-28-26-23-20-17-14-11-8-5-2/h7,10,16,19,21,24-25,27-28,30-32,34-35,38,41,63H,4-6,8-9,11-15,17-18,20,22-23,26,29,33,36-37,39-40,42-62H2,1-3H3/b10-7-,19-16-,24-21-,27-25-,30-28-,32-31-,35-34-,41-38-. The van der Waals surface area contributed by atoms with E-state index in [0.717, 1.165) is 116 Å². The number of unbranched alkanes of at least 4 members (excludes halogenated alkanes) is 27. The molecule has 0 radical (unpaired) electrons. The SMILES string of the molecule is CC/C=C\C/C=C\C/C=C\C/C=C\C/C=C\C/C=C\CCCCCCC(=O)OCC(COC(=O)CCCCCCC/C=C\CCCCCC)OC(=O)CCCCCCCCC/C=C\CCCCCCCCC. The third-order valence-corrected chi connectivity index (χ3v) is 12.8. The molecule has 0 heterocycles. The van der Waals surface area contributed by atoms with Crippen molar-refractivity contribution in [2.45, 2.75) is 290 Å². The quantitative estimate of drug-likeness (QED) is 0.0261. The molecule has 0 aromatic heterocycles. The molecule has 0 bridgehead atoms. The first kappa shape index (κ1) is 68.3. The molecule has 1 unspecified atom stereocenters. The van der Waals surface area contributed by atoms with E-state index in [2.05, 4.69) is 118 Å². The smallest absolute Gasteiger partial charge is 0.306 e. The van der Waals surface area contributed by atoms with Crippen LogP contribution >= 0.6 is 0 Å². The molecule has 0 saturated heterocycles. The lowest BCUT2D eigenvalue weighted by Crippen LogP contribution is -2.30. The summed E-state index contributed by atoms with van der Waals surface area (Å²) in [4.78, 5) is 38.2. The van der Waals surface area contributed by atoms with Crippen LogP contribution in [0.4, 0.5) is 0 Å². The number of ether oxygens (including phenoxy) is 3. The minimum atomic E-state index is -0.795. The van der Waals surface area contributed by atoms with E-state index in [1.165, 1.54) is 128 Å². The van der Waals surface area contributed by atoms with Gasteiger partial charge in [0.25, 0.3) is 0 Å². The summed E-state index contributed by atoms with van der Waals surface area (Å²) in [6.45, 7) is 6.49. The lowest BCUT2D eigenvalue weighted by atomic mass is 10.1. The molecule has 6 heteroatoms. The van der Waals surface area contributed by atoms with Crippen molar-refractivity contribution >= 4 is 17.9 Å². The van der Waals surface area contributed by atoms with Gasteiger partial charge in [0.05, 0.1) is 0 Å². The van der Waals surface area contributed by atoms with Crippen LogP contribution in [0.3, 0.4) is 0 Å². The number of carbonyl (C=O) groups is 3. The maximum Gasteiger partial charge on any atom is 0.306 e. The average molecular weight is 1000 g/mol. The number of hydrogen-bond donors (Lipinski definition) is 0. The summed E-state index contributed by atoms with van der Waals surface area (Å²) in [6, 6.07) is 0. The Balaban J connectivity index is 4.42. The normalized spacial score (nSPS) is 12.8. The van der Waals surface area contributed by atoms with Crippen LogP contribution in [0.5, 0.6) is 0 Å². The lowest BCUT2D eigenvalue weighted by Gasteiger charge is -2.18. The van der Waals surface area contributed by atoms with Crippen molar-refractivity contribution in [1.82, 2.24) is 0 Å². The van der Waals surface area contributed by atoms with Crippen LogP contribution in [0.15, 0.2) is 97.2 Å². The topological polar surface area (TPSA) is 78.9 Å². The van der Waals surface area contributed by atoms with Crippen molar-refractivity contribution in [3.63, 3.8) is 0 Å². The summed E-state index contributed by atoms with van der Waals surface area (Å²) < 4.78 is 16.9. The zero-order valence-corrected chi connectivity index (χ0v) is 47.2.